The second-order valence-corrected chi connectivity index (χ2v) is 8.87. The normalized spacial score (nSPS) is 17.3. The van der Waals surface area contributed by atoms with Gasteiger partial charge < -0.3 is 9.84 Å². The van der Waals surface area contributed by atoms with E-state index in [1.54, 1.807) is 66.7 Å². The molecule has 1 unspecified atom stereocenters. The number of aliphatic hydroxyl groups is 1. The Labute approximate surface area is 208 Å². The molecule has 1 aliphatic heterocycles. The predicted octanol–water partition coefficient (Wildman–Crippen LogP) is 6.72. The van der Waals surface area contributed by atoms with Crippen LogP contribution in [0.2, 0.25) is 10.0 Å². The number of carbonyl (C=O) groups is 2. The summed E-state index contributed by atoms with van der Waals surface area (Å²) in [5.74, 6) is -1.25. The quantitative estimate of drug-likeness (QED) is 0.234. The second kappa shape index (κ2) is 9.92. The number of rotatable bonds is 6. The Kier molecular flexibility index (Phi) is 6.96. The smallest absolute Gasteiger partial charge is 0.300 e. The monoisotopic (exact) mass is 495 g/mol. The number of Topliss-reactive ketones (excluding diaryl/α,β-unsaturated/α-hetero) is 1. The minimum Gasteiger partial charge on any atom is -0.507 e. The third-order valence-electron chi connectivity index (χ3n) is 5.64. The molecule has 1 N–H and O–H groups in total. The van der Waals surface area contributed by atoms with Gasteiger partial charge in [0.05, 0.1) is 18.2 Å². The fourth-order valence-corrected chi connectivity index (χ4v) is 4.20. The van der Waals surface area contributed by atoms with Crippen LogP contribution in [0, 0.1) is 6.92 Å². The molecule has 0 saturated carbocycles. The van der Waals surface area contributed by atoms with Crippen molar-refractivity contribution in [1.82, 2.24) is 0 Å². The van der Waals surface area contributed by atoms with Crippen LogP contribution in [-0.2, 0) is 9.59 Å². The molecule has 3 aromatic carbocycles. The number of hydrogen-bond donors (Lipinski definition) is 1. The number of benzene rings is 3. The van der Waals surface area contributed by atoms with Crippen molar-refractivity contribution in [1.29, 1.82) is 0 Å². The van der Waals surface area contributed by atoms with Crippen LogP contribution in [-0.4, -0.2) is 23.4 Å². The summed E-state index contributed by atoms with van der Waals surface area (Å²) in [7, 11) is 0. The van der Waals surface area contributed by atoms with Crippen molar-refractivity contribution in [3.63, 3.8) is 0 Å². The molecule has 0 spiro atoms. The van der Waals surface area contributed by atoms with Gasteiger partial charge in [0.25, 0.3) is 11.7 Å². The minimum atomic E-state index is -0.865. The Morgan fingerprint density at radius 1 is 1.03 bits per heavy atom. The van der Waals surface area contributed by atoms with Gasteiger partial charge in [-0.25, -0.2) is 0 Å². The standard InChI is InChI=1S/C27H23Cl2NO4/c1-3-13-34-21-6-4-5-18(14-21)25(31)23-24(17-8-10-19(28)11-9-17)30(27(33)26(23)32)20-12-7-16(2)22(29)15-20/h4-12,14-15,24,31H,3,13H2,1-2H3/b25-23+. The van der Waals surface area contributed by atoms with Crippen LogP contribution in [0.25, 0.3) is 5.76 Å². The molecular weight excluding hydrogens is 473 g/mol. The van der Waals surface area contributed by atoms with Crippen LogP contribution in [0.3, 0.4) is 0 Å². The van der Waals surface area contributed by atoms with E-state index in [2.05, 4.69) is 0 Å². The zero-order valence-corrected chi connectivity index (χ0v) is 20.2. The van der Waals surface area contributed by atoms with Crippen molar-refractivity contribution in [3.05, 3.63) is 99.0 Å². The molecule has 4 rings (SSSR count). The average Bonchev–Trinajstić information content (AvgIpc) is 3.10. The molecule has 1 aliphatic rings. The van der Waals surface area contributed by atoms with E-state index < -0.39 is 17.7 Å². The average molecular weight is 496 g/mol. The lowest BCUT2D eigenvalue weighted by Gasteiger charge is -2.26. The number of amides is 1. The third-order valence-corrected chi connectivity index (χ3v) is 6.30. The maximum absolute atomic E-state index is 13.3. The summed E-state index contributed by atoms with van der Waals surface area (Å²) < 4.78 is 5.67. The van der Waals surface area contributed by atoms with E-state index in [4.69, 9.17) is 27.9 Å². The molecule has 5 nitrogen and oxygen atoms in total. The molecule has 1 fully saturated rings. The summed E-state index contributed by atoms with van der Waals surface area (Å²) in [5, 5.41) is 12.3. The Bertz CT molecular complexity index is 1280. The topological polar surface area (TPSA) is 66.8 Å². The number of anilines is 1. The number of aliphatic hydroxyl groups excluding tert-OH is 1. The highest BCUT2D eigenvalue weighted by Gasteiger charge is 2.47. The lowest BCUT2D eigenvalue weighted by atomic mass is 9.95. The third kappa shape index (κ3) is 4.54. The number of halogens is 2. The van der Waals surface area contributed by atoms with Crippen LogP contribution in [0.4, 0.5) is 5.69 Å². The first-order valence-electron chi connectivity index (χ1n) is 10.9. The molecule has 3 aromatic rings. The Balaban J connectivity index is 1.89. The number of carbonyl (C=O) groups excluding carboxylic acids is 2. The van der Waals surface area contributed by atoms with E-state index in [0.29, 0.717) is 39.2 Å². The van der Waals surface area contributed by atoms with E-state index in [-0.39, 0.29) is 11.3 Å². The lowest BCUT2D eigenvalue weighted by Crippen LogP contribution is -2.29. The summed E-state index contributed by atoms with van der Waals surface area (Å²) in [5.41, 5.74) is 2.29. The van der Waals surface area contributed by atoms with Gasteiger partial charge in [-0.05, 0) is 60.9 Å². The van der Waals surface area contributed by atoms with Gasteiger partial charge in [-0.15, -0.1) is 0 Å². The predicted molar refractivity (Wildman–Crippen MR) is 135 cm³/mol. The largest absolute Gasteiger partial charge is 0.507 e. The molecule has 0 radical (unpaired) electrons. The SMILES string of the molecule is CCCOc1cccc(/C(O)=C2\C(=O)C(=O)N(c3ccc(C)c(Cl)c3)C2c2ccc(Cl)cc2)c1. The van der Waals surface area contributed by atoms with Crippen LogP contribution < -0.4 is 9.64 Å². The van der Waals surface area contributed by atoms with E-state index >= 15 is 0 Å². The van der Waals surface area contributed by atoms with Crippen molar-refractivity contribution in [2.45, 2.75) is 26.3 Å². The fourth-order valence-electron chi connectivity index (χ4n) is 3.90. The maximum atomic E-state index is 13.3. The molecule has 1 atom stereocenters. The molecule has 7 heteroatoms. The molecule has 1 amide bonds. The van der Waals surface area contributed by atoms with Gasteiger partial charge in [0.1, 0.15) is 11.5 Å². The van der Waals surface area contributed by atoms with Gasteiger partial charge in [-0.3, -0.25) is 14.5 Å². The minimum absolute atomic E-state index is 0.0170. The maximum Gasteiger partial charge on any atom is 0.300 e. The van der Waals surface area contributed by atoms with E-state index in [1.165, 1.54) is 4.90 Å². The number of hydrogen-bond acceptors (Lipinski definition) is 4. The number of ketones is 1. The molecule has 1 saturated heterocycles. The Morgan fingerprint density at radius 3 is 2.44 bits per heavy atom. The number of nitrogens with zero attached hydrogens (tertiary/aromatic N) is 1. The van der Waals surface area contributed by atoms with Gasteiger partial charge in [-0.2, -0.15) is 0 Å². The van der Waals surface area contributed by atoms with Crippen molar-refractivity contribution in [2.24, 2.45) is 0 Å². The van der Waals surface area contributed by atoms with Gasteiger partial charge in [0, 0.05) is 21.3 Å². The van der Waals surface area contributed by atoms with Gasteiger partial charge in [-0.1, -0.05) is 60.5 Å². The van der Waals surface area contributed by atoms with Crippen LogP contribution in [0.1, 0.15) is 36.1 Å². The Hall–Kier alpha value is -3.28. The first-order chi connectivity index (χ1) is 16.3. The van der Waals surface area contributed by atoms with Crippen molar-refractivity contribution < 1.29 is 19.4 Å². The molecule has 34 heavy (non-hydrogen) atoms. The molecule has 174 valence electrons. The second-order valence-electron chi connectivity index (χ2n) is 8.03. The highest BCUT2D eigenvalue weighted by atomic mass is 35.5. The number of aryl methyl sites for hydroxylation is 1. The Morgan fingerprint density at radius 2 is 1.76 bits per heavy atom. The van der Waals surface area contributed by atoms with E-state index in [9.17, 15) is 14.7 Å². The van der Waals surface area contributed by atoms with Crippen molar-refractivity contribution in [2.75, 3.05) is 11.5 Å². The van der Waals surface area contributed by atoms with Gasteiger partial charge >= 0.3 is 0 Å². The van der Waals surface area contributed by atoms with Crippen LogP contribution >= 0.6 is 23.2 Å². The number of ether oxygens (including phenoxy) is 1. The van der Waals surface area contributed by atoms with Crippen LogP contribution in [0.15, 0.2) is 72.3 Å². The van der Waals surface area contributed by atoms with E-state index in [1.807, 2.05) is 13.8 Å². The highest BCUT2D eigenvalue weighted by molar-refractivity contribution is 6.51. The first-order valence-corrected chi connectivity index (χ1v) is 11.6. The summed E-state index contributed by atoms with van der Waals surface area (Å²) >= 11 is 12.4. The van der Waals surface area contributed by atoms with Gasteiger partial charge in [0.2, 0.25) is 0 Å². The summed E-state index contributed by atoms with van der Waals surface area (Å²) in [6, 6.07) is 17.9. The fraction of sp³-hybridized carbons (Fsp3) is 0.185. The first kappa shape index (κ1) is 23.9. The molecule has 1 heterocycles. The van der Waals surface area contributed by atoms with E-state index in [0.717, 1.165) is 12.0 Å². The summed E-state index contributed by atoms with van der Waals surface area (Å²) in [4.78, 5) is 27.9. The molecular formula is C27H23Cl2NO4. The van der Waals surface area contributed by atoms with Gasteiger partial charge in [0.15, 0.2) is 0 Å². The zero-order valence-electron chi connectivity index (χ0n) is 18.7. The zero-order chi connectivity index (χ0) is 24.4. The molecule has 0 aliphatic carbocycles. The van der Waals surface area contributed by atoms with Crippen molar-refractivity contribution >= 4 is 46.3 Å². The molecule has 0 aromatic heterocycles. The molecule has 0 bridgehead atoms. The summed E-state index contributed by atoms with van der Waals surface area (Å²) in [6.45, 7) is 4.37. The lowest BCUT2D eigenvalue weighted by molar-refractivity contribution is -0.132. The van der Waals surface area contributed by atoms with Crippen molar-refractivity contribution in [3.8, 4) is 5.75 Å². The summed E-state index contributed by atoms with van der Waals surface area (Å²) in [6.07, 6.45) is 0.830. The van der Waals surface area contributed by atoms with Crippen LogP contribution in [0.5, 0.6) is 5.75 Å². The highest BCUT2D eigenvalue weighted by Crippen LogP contribution is 2.43.